The molecule has 8 heteroatoms. The lowest BCUT2D eigenvalue weighted by atomic mass is 9.90. The highest BCUT2D eigenvalue weighted by Gasteiger charge is 2.38. The van der Waals surface area contributed by atoms with Gasteiger partial charge in [-0.25, -0.2) is 0 Å². The maximum absolute atomic E-state index is 2.43. The number of aryl methyl sites for hydroxylation is 2. The molecule has 92 heavy (non-hydrogen) atoms. The lowest BCUT2D eigenvalue weighted by Gasteiger charge is -2.38. The van der Waals surface area contributed by atoms with Crippen molar-refractivity contribution in [2.45, 2.75) is 289 Å². The Balaban J connectivity index is 0. The molecular weight excluding hydrogens is 1140 g/mol. The Morgan fingerprint density at radius 1 is 0.326 bits per heavy atom. The molecule has 5 aromatic carbocycles. The number of benzene rings is 5. The van der Waals surface area contributed by atoms with Gasteiger partial charge in [0.2, 0.25) is 0 Å². The number of hydrogen-bond donors (Lipinski definition) is 0. The minimum absolute atomic E-state index is 0.118. The van der Waals surface area contributed by atoms with Crippen molar-refractivity contribution in [2.24, 2.45) is 0 Å². The molecule has 1 aliphatic rings. The van der Waals surface area contributed by atoms with Crippen molar-refractivity contribution in [3.63, 3.8) is 0 Å². The van der Waals surface area contributed by atoms with Gasteiger partial charge in [0.25, 0.3) is 0 Å². The minimum atomic E-state index is 0.118. The molecule has 0 atom stereocenters. The first-order valence-electron chi connectivity index (χ1n) is 34.4. The maximum atomic E-state index is 2.43. The van der Waals surface area contributed by atoms with Gasteiger partial charge < -0.3 is 24.5 Å². The summed E-state index contributed by atoms with van der Waals surface area (Å²) >= 11 is 1.92. The summed E-state index contributed by atoms with van der Waals surface area (Å²) in [7, 11) is 19.1. The van der Waals surface area contributed by atoms with E-state index < -0.39 is 0 Å². The van der Waals surface area contributed by atoms with Gasteiger partial charge in [0.05, 0.1) is 4.75 Å². The highest BCUT2D eigenvalue weighted by Crippen LogP contribution is 2.53. The van der Waals surface area contributed by atoms with Gasteiger partial charge in [0, 0.05) is 89.1 Å². The topological polar surface area (TPSA) is 22.7 Å². The van der Waals surface area contributed by atoms with Crippen molar-refractivity contribution in [2.75, 3.05) is 84.4 Å². The van der Waals surface area contributed by atoms with Gasteiger partial charge in [-0.1, -0.05) is 131 Å². The number of thioether (sulfide) groups is 1. The first-order valence-corrected chi connectivity index (χ1v) is 35.6. The van der Waals surface area contributed by atoms with E-state index in [9.17, 15) is 0 Å². The van der Waals surface area contributed by atoms with Crippen LogP contribution in [0.15, 0.2) is 115 Å². The fourth-order valence-corrected chi connectivity index (χ4v) is 9.92. The van der Waals surface area contributed by atoms with Gasteiger partial charge in [-0.3, -0.25) is 9.80 Å². The molecule has 0 amide bonds. The van der Waals surface area contributed by atoms with Crippen LogP contribution in [-0.2, 0) is 4.75 Å². The molecule has 7 nitrogen and oxygen atoms in total. The van der Waals surface area contributed by atoms with Crippen LogP contribution in [0.1, 0.15) is 253 Å². The minimum Gasteiger partial charge on any atom is -0.370 e. The second-order valence-electron chi connectivity index (χ2n) is 34.1. The Morgan fingerprint density at radius 3 is 0.837 bits per heavy atom. The van der Waals surface area contributed by atoms with E-state index in [0.717, 1.165) is 0 Å². The molecular formula is C84H149N7S. The Morgan fingerprint density at radius 2 is 0.598 bits per heavy atom. The third-order valence-electron chi connectivity index (χ3n) is 18.5. The van der Waals surface area contributed by atoms with Crippen molar-refractivity contribution in [3.05, 3.63) is 149 Å². The summed E-state index contributed by atoms with van der Waals surface area (Å²) in [6.45, 7) is 71.3. The van der Waals surface area contributed by atoms with E-state index >= 15 is 0 Å². The predicted octanol–water partition coefficient (Wildman–Crippen LogP) is 22.9. The van der Waals surface area contributed by atoms with Crippen LogP contribution in [0.25, 0.3) is 11.1 Å². The van der Waals surface area contributed by atoms with Gasteiger partial charge in [-0.15, -0.1) is 11.8 Å². The second-order valence-corrected chi connectivity index (χ2v) is 35.3. The standard InChI is InChI=1S/C17H29N.C15H14S.C13H21N.C11H17N.2C8H19N.2C6H15N/c1-12(2)14-10-9-11-15(13(3)4)16(14)18(8)17(5,6)7;1-15(16-2)13-9-5-3-7-11(13)12-8-4-6-10-14(12)15;1-10-8-7-9-11(2)12(10)14(6)13(3,4)5;1-11(2,3)12(4)10-8-6-5-7-9-10;2*1-7(2)9(6)8(3,4)5;2*1-6(2,3)7(4)5/h9-13H,1-8H3;3-10H,1-2H3;7-9H,1-6H3;5-9H,1-4H3;2*7H,1-6H3;2*1-5H3. The summed E-state index contributed by atoms with van der Waals surface area (Å²) in [5.74, 6) is 1.12. The van der Waals surface area contributed by atoms with Gasteiger partial charge in [0.15, 0.2) is 0 Å². The van der Waals surface area contributed by atoms with Crippen LogP contribution < -0.4 is 14.7 Å². The fraction of sp³-hybridized carbons (Fsp3) is 0.643. The van der Waals surface area contributed by atoms with Gasteiger partial charge in [0.1, 0.15) is 0 Å². The molecule has 6 rings (SSSR count). The lowest BCUT2D eigenvalue weighted by molar-refractivity contribution is 0.136. The largest absolute Gasteiger partial charge is 0.370 e. The molecule has 0 N–H and O–H groups in total. The fourth-order valence-electron chi connectivity index (χ4n) is 9.13. The van der Waals surface area contributed by atoms with Crippen molar-refractivity contribution in [1.82, 2.24) is 19.6 Å². The number of para-hydroxylation sites is 3. The summed E-state index contributed by atoms with van der Waals surface area (Å²) in [4.78, 5) is 16.1. The molecule has 0 bridgehead atoms. The summed E-state index contributed by atoms with van der Waals surface area (Å²) in [5, 5.41) is 0. The zero-order chi connectivity index (χ0) is 72.8. The molecule has 0 aromatic heterocycles. The number of anilines is 3. The van der Waals surface area contributed by atoms with E-state index in [0.29, 0.717) is 46.1 Å². The van der Waals surface area contributed by atoms with Gasteiger partial charge in [-0.05, 0) is 311 Å². The second kappa shape index (κ2) is 37.8. The molecule has 526 valence electrons. The summed E-state index contributed by atoms with van der Waals surface area (Å²) in [6, 6.07) is 42.4. The third-order valence-corrected chi connectivity index (χ3v) is 19.8. The molecule has 0 aliphatic heterocycles. The van der Waals surface area contributed by atoms with Gasteiger partial charge >= 0.3 is 0 Å². The first-order chi connectivity index (χ1) is 41.4. The molecule has 0 radical (unpaired) electrons. The SMILES string of the molecule is CC(C)N(C)C(C)(C)C.CC(C)N(C)C(C)(C)C.CC(C)c1cccc(C(C)C)c1N(C)C(C)(C)C.CN(C)C(C)(C)C.CN(C)C(C)(C)C.CN(c1ccccc1)C(C)(C)C.CSC1(C)c2ccccc2-c2ccccc21.Cc1cccc(C)c1N(C)C(C)(C)C. The van der Waals surface area contributed by atoms with E-state index in [1.54, 1.807) is 0 Å². The molecule has 0 unspecified atom stereocenters. The Kier molecular flexibility index (Phi) is 36.9. The summed E-state index contributed by atoms with van der Waals surface area (Å²) in [5.41, 5.74) is 17.2. The number of nitrogens with zero attached hydrogens (tertiary/aromatic N) is 7. The monoisotopic (exact) mass is 1290 g/mol. The van der Waals surface area contributed by atoms with Crippen molar-refractivity contribution < 1.29 is 0 Å². The molecule has 5 aromatic rings. The molecule has 0 saturated heterocycles. The zero-order valence-corrected chi connectivity index (χ0v) is 69.1. The normalized spacial score (nSPS) is 12.9. The van der Waals surface area contributed by atoms with E-state index in [2.05, 4.69) is 435 Å². The van der Waals surface area contributed by atoms with Crippen LogP contribution in [0.3, 0.4) is 0 Å². The quantitative estimate of drug-likeness (QED) is 0.151. The Bertz CT molecular complexity index is 2680. The average molecular weight is 1290 g/mol. The number of fused-ring (bicyclic) bond motifs is 3. The smallest absolute Gasteiger partial charge is 0.0638 e. The average Bonchev–Trinajstić information content (AvgIpc) is 1.58. The summed E-state index contributed by atoms with van der Waals surface area (Å²) in [6.07, 6.45) is 2.19. The highest BCUT2D eigenvalue weighted by atomic mass is 32.2. The summed E-state index contributed by atoms with van der Waals surface area (Å²) < 4.78 is 0.118. The van der Waals surface area contributed by atoms with E-state index in [-0.39, 0.29) is 21.4 Å². The van der Waals surface area contributed by atoms with Crippen LogP contribution in [-0.4, -0.2) is 140 Å². The van der Waals surface area contributed by atoms with E-state index in [1.165, 1.54) is 61.6 Å². The van der Waals surface area contributed by atoms with Gasteiger partial charge in [-0.2, -0.15) is 0 Å². The predicted molar refractivity (Wildman–Crippen MR) is 425 cm³/mol. The lowest BCUT2D eigenvalue weighted by Crippen LogP contribution is -2.42. The van der Waals surface area contributed by atoms with Crippen molar-refractivity contribution in [1.29, 1.82) is 0 Å². The van der Waals surface area contributed by atoms with E-state index in [1.807, 2.05) is 17.8 Å². The van der Waals surface area contributed by atoms with Crippen molar-refractivity contribution >= 4 is 28.8 Å². The highest BCUT2D eigenvalue weighted by molar-refractivity contribution is 7.99. The van der Waals surface area contributed by atoms with Crippen LogP contribution in [0.2, 0.25) is 0 Å². The Hall–Kier alpha value is -4.31. The van der Waals surface area contributed by atoms with E-state index in [4.69, 9.17) is 0 Å². The Labute approximate surface area is 578 Å². The van der Waals surface area contributed by atoms with Crippen LogP contribution in [0.4, 0.5) is 17.1 Å². The molecule has 0 saturated carbocycles. The molecule has 0 fully saturated rings. The number of rotatable bonds is 8. The zero-order valence-electron chi connectivity index (χ0n) is 68.3. The first kappa shape index (κ1) is 89.7. The molecule has 1 aliphatic carbocycles. The van der Waals surface area contributed by atoms with Crippen LogP contribution >= 0.6 is 11.8 Å². The van der Waals surface area contributed by atoms with Crippen molar-refractivity contribution in [3.8, 4) is 11.1 Å². The van der Waals surface area contributed by atoms with Crippen LogP contribution in [0, 0.1) is 13.8 Å². The third kappa shape index (κ3) is 30.2. The van der Waals surface area contributed by atoms with Crippen LogP contribution in [0.5, 0.6) is 0 Å². The molecule has 0 spiro atoms. The molecule has 0 heterocycles. The maximum Gasteiger partial charge on any atom is 0.0638 e. The number of hydrogen-bond acceptors (Lipinski definition) is 8.